The van der Waals surface area contributed by atoms with Crippen LogP contribution in [0.2, 0.25) is 0 Å². The predicted octanol–water partition coefficient (Wildman–Crippen LogP) is 6.45. The van der Waals surface area contributed by atoms with Gasteiger partial charge >= 0.3 is 11.9 Å². The molecule has 0 amide bonds. The molecular formula is C32H59NO6. The summed E-state index contributed by atoms with van der Waals surface area (Å²) in [5, 5.41) is 30.2. The van der Waals surface area contributed by atoms with Crippen molar-refractivity contribution in [3.05, 3.63) is 12.2 Å². The molecule has 0 aromatic heterocycles. The Morgan fingerprint density at radius 3 is 1.41 bits per heavy atom. The first-order valence-corrected chi connectivity index (χ1v) is 15.7. The monoisotopic (exact) mass is 553 g/mol. The van der Waals surface area contributed by atoms with Gasteiger partial charge in [-0.2, -0.15) is 0 Å². The van der Waals surface area contributed by atoms with E-state index in [-0.39, 0.29) is 0 Å². The summed E-state index contributed by atoms with van der Waals surface area (Å²) in [6.45, 7) is 9.91. The Kier molecular flexibility index (Phi) is 21.8. The number of carbonyl (C=O) groups is 3. The van der Waals surface area contributed by atoms with Gasteiger partial charge in [-0.1, -0.05) is 84.8 Å². The summed E-state index contributed by atoms with van der Waals surface area (Å²) in [5.41, 5.74) is 0. The number of quaternary nitrogens is 1. The van der Waals surface area contributed by atoms with Gasteiger partial charge in [-0.25, -0.2) is 0 Å². The van der Waals surface area contributed by atoms with E-state index in [0.717, 1.165) is 38.6 Å². The van der Waals surface area contributed by atoms with E-state index in [4.69, 9.17) is 0 Å². The summed E-state index contributed by atoms with van der Waals surface area (Å²) in [6.07, 6.45) is 21.9. The van der Waals surface area contributed by atoms with E-state index >= 15 is 0 Å². The quantitative estimate of drug-likeness (QED) is 0.0686. The van der Waals surface area contributed by atoms with E-state index in [0.29, 0.717) is 43.4 Å². The van der Waals surface area contributed by atoms with Crippen LogP contribution in [-0.2, 0) is 14.4 Å². The molecule has 2 N–H and O–H groups in total. The lowest BCUT2D eigenvalue weighted by atomic mass is 10.0. The fourth-order valence-electron chi connectivity index (χ4n) is 4.96. The number of aliphatic carboxylic acids is 3. The molecule has 7 nitrogen and oxygen atoms in total. The normalized spacial score (nSPS) is 15.6. The average Bonchev–Trinajstić information content (AvgIpc) is 2.90. The highest BCUT2D eigenvalue weighted by Crippen LogP contribution is 2.21. The summed E-state index contributed by atoms with van der Waals surface area (Å²) in [4.78, 5) is 34.3. The standard InChI is InChI=1S/C32H59NO6/c1-5-6-7-8-9-10-11-12-13-14-15-16-17-18-19-23-33(24-20-27(2)30(34)35,25-21-28(3)31(36)37)26-22-29(4)32(38)39/h13-14,27-29H,5-12,15-26H2,1-4H3,(H2-,34,35,36,37,38,39)/b14-13+. The maximum Gasteiger partial charge on any atom is 0.306 e. The third kappa shape index (κ3) is 19.8. The molecule has 0 aromatic carbocycles. The van der Waals surface area contributed by atoms with Gasteiger partial charge in [0.2, 0.25) is 0 Å². The van der Waals surface area contributed by atoms with Gasteiger partial charge in [0, 0.05) is 31.1 Å². The molecule has 0 fully saturated rings. The van der Waals surface area contributed by atoms with E-state index in [1.54, 1.807) is 20.8 Å². The number of rotatable bonds is 27. The third-order valence-electron chi connectivity index (χ3n) is 8.25. The number of unbranched alkanes of at least 4 members (excludes halogenated alkanes) is 11. The first kappa shape index (κ1) is 37.1. The fourth-order valence-corrected chi connectivity index (χ4v) is 4.96. The van der Waals surface area contributed by atoms with Crippen LogP contribution >= 0.6 is 0 Å². The van der Waals surface area contributed by atoms with Gasteiger partial charge < -0.3 is 24.6 Å². The second kappa shape index (κ2) is 22.9. The first-order chi connectivity index (χ1) is 18.5. The molecule has 3 unspecified atom stereocenters. The lowest BCUT2D eigenvalue weighted by molar-refractivity contribution is -0.929. The van der Waals surface area contributed by atoms with Crippen LogP contribution in [0, 0.1) is 17.8 Å². The maximum atomic E-state index is 11.5. The molecule has 0 rings (SSSR count). The Morgan fingerprint density at radius 1 is 0.615 bits per heavy atom. The molecule has 0 saturated heterocycles. The lowest BCUT2D eigenvalue weighted by Gasteiger charge is -2.41. The molecular weight excluding hydrogens is 494 g/mol. The Labute approximate surface area is 238 Å². The molecule has 0 aliphatic heterocycles. The van der Waals surface area contributed by atoms with Crippen molar-refractivity contribution >= 4 is 17.9 Å². The van der Waals surface area contributed by atoms with Gasteiger partial charge in [0.15, 0.2) is 0 Å². The highest BCUT2D eigenvalue weighted by Gasteiger charge is 2.30. The highest BCUT2D eigenvalue weighted by molar-refractivity contribution is 5.69. The van der Waals surface area contributed by atoms with Crippen LogP contribution in [0.4, 0.5) is 0 Å². The van der Waals surface area contributed by atoms with Crippen LogP contribution in [-0.4, -0.2) is 58.8 Å². The molecule has 7 heteroatoms. The Balaban J connectivity index is 4.76. The number of allylic oxidation sites excluding steroid dienone is 2. The SMILES string of the molecule is CCCCCCCCC/C=C/CCCCCC[N+](CCC(C)C(=O)[O-])(CCC(C)C(=O)O)CCC(C)C(=O)O. The molecule has 0 bridgehead atoms. The topological polar surface area (TPSA) is 115 Å². The van der Waals surface area contributed by atoms with Gasteiger partial charge in [0.05, 0.1) is 38.0 Å². The molecule has 0 aromatic rings. The zero-order chi connectivity index (χ0) is 29.5. The van der Waals surface area contributed by atoms with Crippen molar-refractivity contribution in [3.63, 3.8) is 0 Å². The zero-order valence-corrected chi connectivity index (χ0v) is 25.5. The highest BCUT2D eigenvalue weighted by atomic mass is 16.4. The molecule has 0 spiro atoms. The molecule has 0 aliphatic rings. The van der Waals surface area contributed by atoms with Crippen molar-refractivity contribution in [3.8, 4) is 0 Å². The third-order valence-corrected chi connectivity index (χ3v) is 8.25. The molecule has 0 radical (unpaired) electrons. The summed E-state index contributed by atoms with van der Waals surface area (Å²) < 4.78 is 0.575. The van der Waals surface area contributed by atoms with Crippen LogP contribution in [0.25, 0.3) is 0 Å². The van der Waals surface area contributed by atoms with Crippen molar-refractivity contribution in [1.82, 2.24) is 0 Å². The van der Waals surface area contributed by atoms with E-state index in [1.807, 2.05) is 0 Å². The van der Waals surface area contributed by atoms with Gasteiger partial charge in [0.1, 0.15) is 0 Å². The minimum atomic E-state index is -1.08. The number of carboxylic acids is 3. The van der Waals surface area contributed by atoms with Crippen molar-refractivity contribution in [2.24, 2.45) is 17.8 Å². The van der Waals surface area contributed by atoms with E-state index < -0.39 is 35.7 Å². The van der Waals surface area contributed by atoms with Gasteiger partial charge in [-0.05, 0) is 38.5 Å². The average molecular weight is 554 g/mol. The van der Waals surface area contributed by atoms with Crippen LogP contribution in [0.1, 0.15) is 130 Å². The van der Waals surface area contributed by atoms with Gasteiger partial charge in [0.25, 0.3) is 0 Å². The number of carboxylic acid groups (broad SMARTS) is 3. The molecule has 228 valence electrons. The summed E-state index contributed by atoms with van der Waals surface area (Å²) in [6, 6.07) is 0. The van der Waals surface area contributed by atoms with Gasteiger partial charge in [-0.15, -0.1) is 0 Å². The zero-order valence-electron chi connectivity index (χ0n) is 25.5. The van der Waals surface area contributed by atoms with E-state index in [1.165, 1.54) is 51.4 Å². The fraction of sp³-hybridized carbons (Fsp3) is 0.844. The van der Waals surface area contributed by atoms with Gasteiger partial charge in [-0.3, -0.25) is 9.59 Å². The Morgan fingerprint density at radius 2 is 1.00 bits per heavy atom. The second-order valence-electron chi connectivity index (χ2n) is 11.9. The molecule has 3 atom stereocenters. The number of hydrogen-bond acceptors (Lipinski definition) is 4. The van der Waals surface area contributed by atoms with Crippen molar-refractivity contribution < 1.29 is 34.2 Å². The van der Waals surface area contributed by atoms with Crippen molar-refractivity contribution in [1.29, 1.82) is 0 Å². The van der Waals surface area contributed by atoms with Crippen LogP contribution < -0.4 is 5.11 Å². The van der Waals surface area contributed by atoms with Crippen LogP contribution in [0.15, 0.2) is 12.2 Å². The number of nitrogens with zero attached hydrogens (tertiary/aromatic N) is 1. The minimum Gasteiger partial charge on any atom is -0.550 e. The van der Waals surface area contributed by atoms with Crippen LogP contribution in [0.3, 0.4) is 0 Å². The molecule has 0 saturated carbocycles. The molecule has 0 aliphatic carbocycles. The first-order valence-electron chi connectivity index (χ1n) is 15.7. The minimum absolute atomic E-state index is 0.439. The molecule has 0 heterocycles. The number of hydrogen-bond donors (Lipinski definition) is 2. The van der Waals surface area contributed by atoms with Crippen molar-refractivity contribution in [2.75, 3.05) is 26.2 Å². The Hall–Kier alpha value is -1.89. The number of carbonyl (C=O) groups excluding carboxylic acids is 1. The van der Waals surface area contributed by atoms with Crippen LogP contribution in [0.5, 0.6) is 0 Å². The predicted molar refractivity (Wildman–Crippen MR) is 156 cm³/mol. The summed E-state index contributed by atoms with van der Waals surface area (Å²) >= 11 is 0. The smallest absolute Gasteiger partial charge is 0.306 e. The van der Waals surface area contributed by atoms with E-state index in [9.17, 15) is 29.7 Å². The maximum absolute atomic E-state index is 11.5. The molecule has 39 heavy (non-hydrogen) atoms. The largest absolute Gasteiger partial charge is 0.550 e. The van der Waals surface area contributed by atoms with Crippen molar-refractivity contribution in [2.45, 2.75) is 130 Å². The lowest BCUT2D eigenvalue weighted by Crippen LogP contribution is -2.52. The summed E-state index contributed by atoms with van der Waals surface area (Å²) in [7, 11) is 0. The van der Waals surface area contributed by atoms with E-state index in [2.05, 4.69) is 19.1 Å². The second-order valence-corrected chi connectivity index (χ2v) is 11.9. The summed E-state index contributed by atoms with van der Waals surface area (Å²) in [5.74, 6) is -4.34. The Bertz CT molecular complexity index is 632.